The van der Waals surface area contributed by atoms with E-state index in [9.17, 15) is 0 Å². The molecule has 1 aromatic heterocycles. The number of nitrogen functional groups attached to an aromatic ring is 1. The predicted molar refractivity (Wildman–Crippen MR) is 69.1 cm³/mol. The Hall–Kier alpha value is -2.25. The number of pyridine rings is 1. The Kier molecular flexibility index (Phi) is 3.66. The molecule has 2 N–H and O–H groups in total. The van der Waals surface area contributed by atoms with Crippen LogP contribution < -0.4 is 10.5 Å². The Bertz CT molecular complexity index is 590. The van der Waals surface area contributed by atoms with Crippen molar-refractivity contribution in [2.24, 2.45) is 0 Å². The van der Waals surface area contributed by atoms with Gasteiger partial charge in [-0.05, 0) is 23.8 Å². The summed E-state index contributed by atoms with van der Waals surface area (Å²) >= 11 is 5.78. The molecule has 0 saturated carbocycles. The standard InChI is InChI=1S/C13H10ClN3O/c14-10-3-1-9(2-4-10)8-18-13-6-5-11(16)12(7-15)17-13/h1-6H,8,16H2. The van der Waals surface area contributed by atoms with Gasteiger partial charge in [0.05, 0.1) is 5.69 Å². The molecule has 0 aliphatic rings. The number of hydrogen-bond acceptors (Lipinski definition) is 4. The van der Waals surface area contributed by atoms with Gasteiger partial charge in [0.1, 0.15) is 12.7 Å². The van der Waals surface area contributed by atoms with Crippen LogP contribution in [0.15, 0.2) is 36.4 Å². The molecule has 0 saturated heterocycles. The summed E-state index contributed by atoms with van der Waals surface area (Å²) in [5, 5.41) is 9.47. The zero-order valence-corrected chi connectivity index (χ0v) is 10.2. The third kappa shape index (κ3) is 2.90. The summed E-state index contributed by atoms with van der Waals surface area (Å²) in [4.78, 5) is 3.99. The van der Waals surface area contributed by atoms with Gasteiger partial charge < -0.3 is 10.5 Å². The molecule has 90 valence electrons. The summed E-state index contributed by atoms with van der Waals surface area (Å²) in [6.45, 7) is 0.360. The van der Waals surface area contributed by atoms with Gasteiger partial charge >= 0.3 is 0 Å². The first-order valence-electron chi connectivity index (χ1n) is 5.23. The molecule has 0 aliphatic heterocycles. The maximum Gasteiger partial charge on any atom is 0.214 e. The highest BCUT2D eigenvalue weighted by atomic mass is 35.5. The SMILES string of the molecule is N#Cc1nc(OCc2ccc(Cl)cc2)ccc1N. The summed E-state index contributed by atoms with van der Waals surface area (Å²) in [7, 11) is 0. The quantitative estimate of drug-likeness (QED) is 0.920. The molecule has 0 bridgehead atoms. The van der Waals surface area contributed by atoms with Crippen LogP contribution in [0.25, 0.3) is 0 Å². The molecule has 2 rings (SSSR count). The third-order valence-electron chi connectivity index (χ3n) is 2.31. The van der Waals surface area contributed by atoms with E-state index in [0.717, 1.165) is 5.56 Å². The second kappa shape index (κ2) is 5.39. The van der Waals surface area contributed by atoms with Gasteiger partial charge in [0.25, 0.3) is 0 Å². The van der Waals surface area contributed by atoms with Crippen LogP contribution in [-0.4, -0.2) is 4.98 Å². The second-order valence-corrected chi connectivity index (χ2v) is 4.05. The van der Waals surface area contributed by atoms with Crippen molar-refractivity contribution < 1.29 is 4.74 Å². The van der Waals surface area contributed by atoms with Gasteiger partial charge in [0.15, 0.2) is 5.69 Å². The summed E-state index contributed by atoms with van der Waals surface area (Å²) in [6.07, 6.45) is 0. The fourth-order valence-corrected chi connectivity index (χ4v) is 1.49. The highest BCUT2D eigenvalue weighted by Crippen LogP contribution is 2.16. The number of halogens is 1. The summed E-state index contributed by atoms with van der Waals surface area (Å²) < 4.78 is 5.47. The third-order valence-corrected chi connectivity index (χ3v) is 2.56. The molecular weight excluding hydrogens is 250 g/mol. The molecule has 0 radical (unpaired) electrons. The van der Waals surface area contributed by atoms with Gasteiger partial charge in [-0.2, -0.15) is 5.26 Å². The molecule has 0 aliphatic carbocycles. The molecule has 0 spiro atoms. The van der Waals surface area contributed by atoms with Crippen molar-refractivity contribution in [1.82, 2.24) is 4.98 Å². The highest BCUT2D eigenvalue weighted by molar-refractivity contribution is 6.30. The molecular formula is C13H10ClN3O. The van der Waals surface area contributed by atoms with Crippen LogP contribution >= 0.6 is 11.6 Å². The summed E-state index contributed by atoms with van der Waals surface area (Å²) in [6, 6.07) is 12.4. The van der Waals surface area contributed by atoms with Gasteiger partial charge in [-0.25, -0.2) is 4.98 Å². The van der Waals surface area contributed by atoms with Crippen molar-refractivity contribution in [2.75, 3.05) is 5.73 Å². The topological polar surface area (TPSA) is 71.9 Å². The van der Waals surface area contributed by atoms with E-state index < -0.39 is 0 Å². The van der Waals surface area contributed by atoms with Crippen molar-refractivity contribution in [3.63, 3.8) is 0 Å². The lowest BCUT2D eigenvalue weighted by Gasteiger charge is -2.06. The Balaban J connectivity index is 2.06. The molecule has 0 atom stereocenters. The van der Waals surface area contributed by atoms with Crippen LogP contribution in [0, 0.1) is 11.3 Å². The van der Waals surface area contributed by atoms with Gasteiger partial charge in [-0.1, -0.05) is 23.7 Å². The van der Waals surface area contributed by atoms with Gasteiger partial charge in [-0.15, -0.1) is 0 Å². The lowest BCUT2D eigenvalue weighted by Crippen LogP contribution is -2.00. The van der Waals surface area contributed by atoms with E-state index in [0.29, 0.717) is 23.2 Å². The van der Waals surface area contributed by atoms with Crippen molar-refractivity contribution >= 4 is 17.3 Å². The van der Waals surface area contributed by atoms with E-state index >= 15 is 0 Å². The van der Waals surface area contributed by atoms with Crippen LogP contribution in [0.3, 0.4) is 0 Å². The average molecular weight is 260 g/mol. The van der Waals surface area contributed by atoms with E-state index in [1.54, 1.807) is 24.3 Å². The maximum absolute atomic E-state index is 8.80. The molecule has 18 heavy (non-hydrogen) atoms. The lowest BCUT2D eigenvalue weighted by atomic mass is 10.2. The Morgan fingerprint density at radius 3 is 2.61 bits per heavy atom. The average Bonchev–Trinajstić information content (AvgIpc) is 2.39. The number of nitrogens with zero attached hydrogens (tertiary/aromatic N) is 2. The number of nitriles is 1. The smallest absolute Gasteiger partial charge is 0.214 e. The van der Waals surface area contributed by atoms with E-state index in [1.807, 2.05) is 18.2 Å². The second-order valence-electron chi connectivity index (χ2n) is 3.61. The lowest BCUT2D eigenvalue weighted by molar-refractivity contribution is 0.294. The first kappa shape index (κ1) is 12.2. The van der Waals surface area contributed by atoms with Gasteiger partial charge in [0, 0.05) is 11.1 Å². The summed E-state index contributed by atoms with van der Waals surface area (Å²) in [5.74, 6) is 0.371. The Labute approximate surface area is 110 Å². The zero-order valence-electron chi connectivity index (χ0n) is 9.43. The van der Waals surface area contributed by atoms with Crippen LogP contribution in [0.5, 0.6) is 5.88 Å². The van der Waals surface area contributed by atoms with Crippen LogP contribution in [0.2, 0.25) is 5.02 Å². The minimum atomic E-state index is 0.170. The highest BCUT2D eigenvalue weighted by Gasteiger charge is 2.03. The molecule has 1 heterocycles. The summed E-state index contributed by atoms with van der Waals surface area (Å²) in [5.41, 5.74) is 7.05. The fourth-order valence-electron chi connectivity index (χ4n) is 1.36. The van der Waals surface area contributed by atoms with Crippen molar-refractivity contribution in [2.45, 2.75) is 6.61 Å². The number of ether oxygens (including phenoxy) is 1. The Morgan fingerprint density at radius 1 is 1.22 bits per heavy atom. The Morgan fingerprint density at radius 2 is 1.94 bits per heavy atom. The minimum absolute atomic E-state index is 0.170. The van der Waals surface area contributed by atoms with Crippen LogP contribution in [-0.2, 0) is 6.61 Å². The van der Waals surface area contributed by atoms with Gasteiger partial charge in [0.2, 0.25) is 5.88 Å². The first-order chi connectivity index (χ1) is 8.69. The number of benzene rings is 1. The molecule has 2 aromatic rings. The monoisotopic (exact) mass is 259 g/mol. The molecule has 0 unspecified atom stereocenters. The first-order valence-corrected chi connectivity index (χ1v) is 5.60. The largest absolute Gasteiger partial charge is 0.473 e. The number of nitrogens with two attached hydrogens (primary N) is 1. The number of anilines is 1. The zero-order chi connectivity index (χ0) is 13.0. The molecule has 1 aromatic carbocycles. The number of rotatable bonds is 3. The van der Waals surface area contributed by atoms with E-state index in [1.165, 1.54) is 0 Å². The van der Waals surface area contributed by atoms with E-state index in [-0.39, 0.29) is 5.69 Å². The van der Waals surface area contributed by atoms with E-state index in [2.05, 4.69) is 4.98 Å². The number of aromatic nitrogens is 1. The fraction of sp³-hybridized carbons (Fsp3) is 0.0769. The van der Waals surface area contributed by atoms with Gasteiger partial charge in [-0.3, -0.25) is 0 Å². The van der Waals surface area contributed by atoms with Crippen molar-refractivity contribution in [3.8, 4) is 11.9 Å². The van der Waals surface area contributed by atoms with Crippen molar-refractivity contribution in [3.05, 3.63) is 52.7 Å². The van der Waals surface area contributed by atoms with E-state index in [4.69, 9.17) is 27.3 Å². The maximum atomic E-state index is 8.80. The molecule has 4 nitrogen and oxygen atoms in total. The predicted octanol–water partition coefficient (Wildman–Crippen LogP) is 2.77. The van der Waals surface area contributed by atoms with Crippen molar-refractivity contribution in [1.29, 1.82) is 5.26 Å². The van der Waals surface area contributed by atoms with Crippen LogP contribution in [0.4, 0.5) is 5.69 Å². The molecule has 5 heteroatoms. The van der Waals surface area contributed by atoms with Crippen LogP contribution in [0.1, 0.15) is 11.3 Å². The normalized spacial score (nSPS) is 9.78. The minimum Gasteiger partial charge on any atom is -0.473 e. The number of hydrogen-bond donors (Lipinski definition) is 1. The molecule has 0 amide bonds. The molecule has 0 fully saturated rings.